The van der Waals surface area contributed by atoms with Crippen molar-refractivity contribution in [2.45, 2.75) is 19.0 Å². The van der Waals surface area contributed by atoms with Gasteiger partial charge in [-0.15, -0.1) is 6.58 Å². The van der Waals surface area contributed by atoms with Gasteiger partial charge in [0.15, 0.2) is 0 Å². The highest BCUT2D eigenvalue weighted by molar-refractivity contribution is 7.50. The quantitative estimate of drug-likeness (QED) is 0.404. The van der Waals surface area contributed by atoms with Gasteiger partial charge in [0.05, 0.1) is 0 Å². The molecular weight excluding hydrogens is 139 g/mol. The molecule has 0 aromatic carbocycles. The van der Waals surface area contributed by atoms with Crippen LogP contribution in [-0.4, -0.2) is 5.16 Å². The SMILES string of the molecule is C=CC(C)(C)P(=O)([O-])[O-]. The zero-order valence-corrected chi connectivity index (χ0v) is 6.35. The van der Waals surface area contributed by atoms with Crippen LogP contribution in [0.1, 0.15) is 13.8 Å². The summed E-state index contributed by atoms with van der Waals surface area (Å²) >= 11 is 0. The topological polar surface area (TPSA) is 63.2 Å². The molecule has 0 N–H and O–H groups in total. The maximum absolute atomic E-state index is 10.3. The largest absolute Gasteiger partial charge is 0.810 e. The van der Waals surface area contributed by atoms with Crippen molar-refractivity contribution in [3.05, 3.63) is 12.7 Å². The summed E-state index contributed by atoms with van der Waals surface area (Å²) in [5.41, 5.74) is 0. The van der Waals surface area contributed by atoms with Crippen molar-refractivity contribution in [3.63, 3.8) is 0 Å². The highest BCUT2D eigenvalue weighted by atomic mass is 31.2. The second kappa shape index (κ2) is 2.25. The molecule has 0 aliphatic rings. The Kier molecular flexibility index (Phi) is 2.23. The number of hydrogen-bond acceptors (Lipinski definition) is 3. The molecule has 0 bridgehead atoms. The summed E-state index contributed by atoms with van der Waals surface area (Å²) in [4.78, 5) is 20.6. The van der Waals surface area contributed by atoms with E-state index in [4.69, 9.17) is 0 Å². The van der Waals surface area contributed by atoms with Gasteiger partial charge >= 0.3 is 0 Å². The highest BCUT2D eigenvalue weighted by Gasteiger charge is 2.16. The first-order valence-corrected chi connectivity index (χ1v) is 4.01. The van der Waals surface area contributed by atoms with Crippen LogP contribution in [0.2, 0.25) is 0 Å². The zero-order valence-electron chi connectivity index (χ0n) is 5.46. The number of allylic oxidation sites excluding steroid dienone is 1. The molecule has 0 unspecified atom stereocenters. The molecule has 0 aliphatic heterocycles. The van der Waals surface area contributed by atoms with Crippen LogP contribution in [0.4, 0.5) is 0 Å². The highest BCUT2D eigenvalue weighted by Crippen LogP contribution is 2.42. The van der Waals surface area contributed by atoms with Crippen molar-refractivity contribution in [1.82, 2.24) is 0 Å². The van der Waals surface area contributed by atoms with Crippen LogP contribution < -0.4 is 9.79 Å². The van der Waals surface area contributed by atoms with Crippen LogP contribution in [0.15, 0.2) is 12.7 Å². The van der Waals surface area contributed by atoms with Gasteiger partial charge < -0.3 is 14.4 Å². The van der Waals surface area contributed by atoms with E-state index >= 15 is 0 Å². The second-order valence-electron chi connectivity index (χ2n) is 2.36. The predicted octanol–water partition coefficient (Wildman–Crippen LogP) is -0.135. The third-order valence-corrected chi connectivity index (χ3v) is 2.80. The van der Waals surface area contributed by atoms with Gasteiger partial charge in [-0.2, -0.15) is 0 Å². The molecule has 54 valence electrons. The fourth-order valence-electron chi connectivity index (χ4n) is 0.112. The summed E-state index contributed by atoms with van der Waals surface area (Å²) in [7, 11) is -4.49. The molecular formula is C5H9O3P-2. The minimum absolute atomic E-state index is 1.13. The molecule has 0 heterocycles. The summed E-state index contributed by atoms with van der Waals surface area (Å²) in [6, 6.07) is 0. The predicted molar refractivity (Wildman–Crippen MR) is 31.9 cm³/mol. The van der Waals surface area contributed by atoms with Crippen molar-refractivity contribution in [2.24, 2.45) is 0 Å². The first-order chi connectivity index (χ1) is 3.81. The van der Waals surface area contributed by atoms with E-state index in [9.17, 15) is 14.4 Å². The molecule has 0 saturated carbocycles. The van der Waals surface area contributed by atoms with E-state index in [-0.39, 0.29) is 0 Å². The van der Waals surface area contributed by atoms with E-state index in [0.717, 1.165) is 6.08 Å². The molecule has 0 rings (SSSR count). The summed E-state index contributed by atoms with van der Waals surface area (Å²) < 4.78 is 10.3. The van der Waals surface area contributed by atoms with Gasteiger partial charge in [-0.25, -0.2) is 0 Å². The van der Waals surface area contributed by atoms with Crippen LogP contribution in [0.5, 0.6) is 0 Å². The number of hydrogen-bond donors (Lipinski definition) is 0. The minimum Gasteiger partial charge on any atom is -0.810 e. The third kappa shape index (κ3) is 1.94. The molecule has 0 saturated heterocycles. The van der Waals surface area contributed by atoms with Crippen LogP contribution in [0, 0.1) is 0 Å². The van der Waals surface area contributed by atoms with Gasteiger partial charge in [-0.05, 0) is 0 Å². The average molecular weight is 148 g/mol. The van der Waals surface area contributed by atoms with Crippen molar-refractivity contribution in [3.8, 4) is 0 Å². The molecule has 0 radical (unpaired) electrons. The van der Waals surface area contributed by atoms with Crippen molar-refractivity contribution >= 4 is 7.60 Å². The molecule has 0 aromatic rings. The molecule has 0 aromatic heterocycles. The van der Waals surface area contributed by atoms with Gasteiger partial charge in [-0.1, -0.05) is 27.5 Å². The monoisotopic (exact) mass is 148 g/mol. The summed E-state index contributed by atoms with van der Waals surface area (Å²) in [5, 5.41) is -1.31. The summed E-state index contributed by atoms with van der Waals surface area (Å²) in [6.07, 6.45) is 1.13. The maximum Gasteiger partial charge on any atom is 0.00997 e. The van der Waals surface area contributed by atoms with E-state index in [1.165, 1.54) is 13.8 Å². The van der Waals surface area contributed by atoms with E-state index < -0.39 is 12.8 Å². The van der Waals surface area contributed by atoms with Gasteiger partial charge in [0.2, 0.25) is 0 Å². The average Bonchev–Trinajstić information content (AvgIpc) is 1.64. The normalized spacial score (nSPS) is 13.3. The van der Waals surface area contributed by atoms with Crippen LogP contribution in [-0.2, 0) is 4.57 Å². The van der Waals surface area contributed by atoms with E-state index in [1.54, 1.807) is 0 Å². The van der Waals surface area contributed by atoms with Crippen molar-refractivity contribution in [1.29, 1.82) is 0 Å². The van der Waals surface area contributed by atoms with Crippen molar-refractivity contribution < 1.29 is 14.4 Å². The Hall–Kier alpha value is -0.110. The Morgan fingerprint density at radius 1 is 1.56 bits per heavy atom. The zero-order chi connectivity index (χ0) is 7.71. The van der Waals surface area contributed by atoms with Gasteiger partial charge in [-0.3, -0.25) is 0 Å². The Bertz CT molecular complexity index is 156. The molecule has 3 nitrogen and oxygen atoms in total. The lowest BCUT2D eigenvalue weighted by atomic mass is 10.2. The van der Waals surface area contributed by atoms with E-state index in [0.29, 0.717) is 0 Å². The lowest BCUT2D eigenvalue weighted by Gasteiger charge is -2.42. The molecule has 4 heteroatoms. The van der Waals surface area contributed by atoms with Gasteiger partial charge in [0.25, 0.3) is 0 Å². The molecule has 0 fully saturated rings. The summed E-state index contributed by atoms with van der Waals surface area (Å²) in [6.45, 7) is 5.87. The smallest absolute Gasteiger partial charge is 0.00997 e. The molecule has 0 spiro atoms. The number of rotatable bonds is 2. The molecule has 9 heavy (non-hydrogen) atoms. The Morgan fingerprint density at radius 2 is 1.89 bits per heavy atom. The van der Waals surface area contributed by atoms with Crippen LogP contribution in [0.25, 0.3) is 0 Å². The lowest BCUT2D eigenvalue weighted by molar-refractivity contribution is -0.318. The molecule has 0 amide bonds. The first-order valence-electron chi connectivity index (χ1n) is 2.47. The Labute approximate surface area is 54.6 Å². The molecule has 0 atom stereocenters. The third-order valence-electron chi connectivity index (χ3n) is 1.21. The Morgan fingerprint density at radius 3 is 1.89 bits per heavy atom. The Balaban J connectivity index is 4.54. The van der Waals surface area contributed by atoms with Gasteiger partial charge in [0.1, 0.15) is 0 Å². The molecule has 0 aliphatic carbocycles. The second-order valence-corrected chi connectivity index (χ2v) is 4.50. The first kappa shape index (κ1) is 8.89. The standard InChI is InChI=1S/C5H11O3P/c1-4-5(2,3)9(6,7)8/h4H,1H2,2-3H3,(H2,6,7,8)/p-2. The summed E-state index contributed by atoms with van der Waals surface area (Å²) in [5.74, 6) is 0. The minimum atomic E-state index is -4.49. The maximum atomic E-state index is 10.3. The fraction of sp³-hybridized carbons (Fsp3) is 0.600. The van der Waals surface area contributed by atoms with Crippen LogP contribution in [0.3, 0.4) is 0 Å². The fourth-order valence-corrected chi connectivity index (χ4v) is 0.335. The van der Waals surface area contributed by atoms with Crippen LogP contribution >= 0.6 is 7.60 Å². The lowest BCUT2D eigenvalue weighted by Crippen LogP contribution is -2.31. The van der Waals surface area contributed by atoms with Crippen molar-refractivity contribution in [2.75, 3.05) is 0 Å². The van der Waals surface area contributed by atoms with E-state index in [2.05, 4.69) is 6.58 Å². The van der Waals surface area contributed by atoms with E-state index in [1.807, 2.05) is 0 Å². The van der Waals surface area contributed by atoms with Gasteiger partial charge in [0, 0.05) is 5.16 Å².